The monoisotopic (exact) mass is 281 g/mol. The Balaban J connectivity index is 1.78. The van der Waals surface area contributed by atoms with Gasteiger partial charge in [0.25, 0.3) is 0 Å². The number of esters is 1. The first-order valence-corrected chi connectivity index (χ1v) is 8.20. The number of rotatable bonds is 5. The van der Waals surface area contributed by atoms with Crippen molar-refractivity contribution in [1.29, 1.82) is 0 Å². The lowest BCUT2D eigenvalue weighted by molar-refractivity contribution is -0.149. The van der Waals surface area contributed by atoms with E-state index < -0.39 is 0 Å². The molecule has 2 fully saturated rings. The fraction of sp³-hybridized carbons (Fsp3) is 0.941. The van der Waals surface area contributed by atoms with Crippen molar-refractivity contribution in [2.24, 2.45) is 22.7 Å². The molecule has 0 heterocycles. The Bertz CT molecular complexity index is 348. The average Bonchev–Trinajstić information content (AvgIpc) is 2.78. The fourth-order valence-electron chi connectivity index (χ4n) is 3.98. The minimum atomic E-state index is 0.00563. The van der Waals surface area contributed by atoms with Gasteiger partial charge in [0.1, 0.15) is 0 Å². The van der Waals surface area contributed by atoms with Gasteiger partial charge in [0.15, 0.2) is 0 Å². The summed E-state index contributed by atoms with van der Waals surface area (Å²) in [5.74, 6) is 0.866. The van der Waals surface area contributed by atoms with Gasteiger partial charge in [0.2, 0.25) is 0 Å². The molecule has 2 saturated carbocycles. The van der Waals surface area contributed by atoms with Gasteiger partial charge in [-0.05, 0) is 49.5 Å². The summed E-state index contributed by atoms with van der Waals surface area (Å²) < 4.78 is 5.17. The van der Waals surface area contributed by atoms with E-state index >= 15 is 0 Å². The standard InChI is InChI=1S/C17H31NO2/c1-6-20-15(19)12-8-7-9-13(10-12)18-11-14-16(2,3)17(14,4)5/h12-14,18H,6-11H2,1-5H3. The highest BCUT2D eigenvalue weighted by atomic mass is 16.5. The van der Waals surface area contributed by atoms with Gasteiger partial charge in [-0.1, -0.05) is 34.1 Å². The SMILES string of the molecule is CCOC(=O)C1CCCC(NCC2C(C)(C)C2(C)C)C1. The lowest BCUT2D eigenvalue weighted by atomic mass is 9.85. The minimum absolute atomic E-state index is 0.00563. The van der Waals surface area contributed by atoms with Crippen molar-refractivity contribution in [1.82, 2.24) is 5.32 Å². The van der Waals surface area contributed by atoms with Crippen LogP contribution in [0.1, 0.15) is 60.3 Å². The quantitative estimate of drug-likeness (QED) is 0.785. The molecule has 3 nitrogen and oxygen atoms in total. The minimum Gasteiger partial charge on any atom is -0.466 e. The summed E-state index contributed by atoms with van der Waals surface area (Å²) >= 11 is 0. The van der Waals surface area contributed by atoms with Gasteiger partial charge in [0, 0.05) is 6.04 Å². The van der Waals surface area contributed by atoms with Crippen LogP contribution in [0.2, 0.25) is 0 Å². The van der Waals surface area contributed by atoms with Crippen LogP contribution in [0.25, 0.3) is 0 Å². The normalized spacial score (nSPS) is 31.9. The van der Waals surface area contributed by atoms with E-state index in [1.807, 2.05) is 6.92 Å². The number of ether oxygens (including phenoxy) is 1. The third-order valence-electron chi connectivity index (χ3n) is 6.22. The van der Waals surface area contributed by atoms with Crippen LogP contribution < -0.4 is 5.32 Å². The second kappa shape index (κ2) is 5.67. The first kappa shape index (κ1) is 15.8. The van der Waals surface area contributed by atoms with E-state index in [2.05, 4.69) is 33.0 Å². The molecule has 2 aliphatic carbocycles. The average molecular weight is 281 g/mol. The maximum atomic E-state index is 11.9. The molecule has 2 aliphatic rings. The van der Waals surface area contributed by atoms with Crippen molar-refractivity contribution in [3.8, 4) is 0 Å². The van der Waals surface area contributed by atoms with E-state index in [1.54, 1.807) is 0 Å². The summed E-state index contributed by atoms with van der Waals surface area (Å²) in [5.41, 5.74) is 0.879. The van der Waals surface area contributed by atoms with Crippen LogP contribution in [-0.4, -0.2) is 25.2 Å². The molecule has 0 aliphatic heterocycles. The van der Waals surface area contributed by atoms with E-state index in [9.17, 15) is 4.79 Å². The molecule has 3 heteroatoms. The van der Waals surface area contributed by atoms with Gasteiger partial charge < -0.3 is 10.1 Å². The van der Waals surface area contributed by atoms with Gasteiger partial charge in [-0.3, -0.25) is 4.79 Å². The van der Waals surface area contributed by atoms with Crippen LogP contribution >= 0.6 is 0 Å². The van der Waals surface area contributed by atoms with Gasteiger partial charge in [0.05, 0.1) is 12.5 Å². The van der Waals surface area contributed by atoms with Crippen molar-refractivity contribution >= 4 is 5.97 Å². The van der Waals surface area contributed by atoms with Crippen molar-refractivity contribution in [2.45, 2.75) is 66.3 Å². The van der Waals surface area contributed by atoms with Crippen molar-refractivity contribution in [2.75, 3.05) is 13.2 Å². The van der Waals surface area contributed by atoms with Crippen LogP contribution in [0.15, 0.2) is 0 Å². The Hall–Kier alpha value is -0.570. The third-order valence-corrected chi connectivity index (χ3v) is 6.22. The zero-order valence-electron chi connectivity index (χ0n) is 13.8. The molecule has 0 aromatic carbocycles. The molecule has 0 aromatic heterocycles. The number of carbonyl (C=O) groups is 1. The highest BCUT2D eigenvalue weighted by Gasteiger charge is 2.63. The molecule has 2 atom stereocenters. The van der Waals surface area contributed by atoms with E-state index in [4.69, 9.17) is 4.74 Å². The largest absolute Gasteiger partial charge is 0.466 e. The maximum absolute atomic E-state index is 11.9. The zero-order valence-corrected chi connectivity index (χ0v) is 13.8. The molecule has 0 radical (unpaired) electrons. The zero-order chi connectivity index (χ0) is 15.0. The summed E-state index contributed by atoms with van der Waals surface area (Å²) in [6.45, 7) is 12.9. The first-order chi connectivity index (χ1) is 9.30. The van der Waals surface area contributed by atoms with Crippen molar-refractivity contribution in [3.63, 3.8) is 0 Å². The molecule has 0 amide bonds. The lowest BCUT2D eigenvalue weighted by Gasteiger charge is -2.28. The summed E-state index contributed by atoms with van der Waals surface area (Å²) in [7, 11) is 0. The van der Waals surface area contributed by atoms with E-state index in [-0.39, 0.29) is 11.9 Å². The summed E-state index contributed by atoms with van der Waals surface area (Å²) in [6.07, 6.45) is 4.28. The summed E-state index contributed by atoms with van der Waals surface area (Å²) in [4.78, 5) is 11.9. The Morgan fingerprint density at radius 2 is 1.85 bits per heavy atom. The number of nitrogens with one attached hydrogen (secondary N) is 1. The van der Waals surface area contributed by atoms with Crippen molar-refractivity contribution in [3.05, 3.63) is 0 Å². The van der Waals surface area contributed by atoms with Crippen LogP contribution in [0, 0.1) is 22.7 Å². The van der Waals surface area contributed by atoms with E-state index in [0.717, 1.165) is 31.7 Å². The third kappa shape index (κ3) is 2.88. The van der Waals surface area contributed by atoms with E-state index in [1.165, 1.54) is 6.42 Å². The van der Waals surface area contributed by atoms with Crippen LogP contribution in [0.5, 0.6) is 0 Å². The maximum Gasteiger partial charge on any atom is 0.308 e. The summed E-state index contributed by atoms with van der Waals surface area (Å²) in [5, 5.41) is 3.71. The smallest absolute Gasteiger partial charge is 0.308 e. The first-order valence-electron chi connectivity index (χ1n) is 8.20. The molecule has 2 rings (SSSR count). The highest BCUT2D eigenvalue weighted by molar-refractivity contribution is 5.72. The highest BCUT2D eigenvalue weighted by Crippen LogP contribution is 2.67. The van der Waals surface area contributed by atoms with Gasteiger partial charge >= 0.3 is 5.97 Å². The number of carbonyl (C=O) groups excluding carboxylic acids is 1. The Morgan fingerprint density at radius 1 is 1.20 bits per heavy atom. The molecule has 0 aromatic rings. The topological polar surface area (TPSA) is 38.3 Å². The Kier molecular flexibility index (Phi) is 4.48. The second-order valence-electron chi connectivity index (χ2n) is 7.72. The predicted octanol–water partition coefficient (Wildman–Crippen LogP) is 3.38. The van der Waals surface area contributed by atoms with Crippen molar-refractivity contribution < 1.29 is 9.53 Å². The Labute approximate surface area is 123 Å². The van der Waals surface area contributed by atoms with E-state index in [0.29, 0.717) is 23.5 Å². The molecule has 1 N–H and O–H groups in total. The fourth-order valence-corrected chi connectivity index (χ4v) is 3.98. The number of hydrogen-bond donors (Lipinski definition) is 1. The molecule has 0 saturated heterocycles. The van der Waals surface area contributed by atoms with Gasteiger partial charge in [-0.2, -0.15) is 0 Å². The molecular formula is C17H31NO2. The Morgan fingerprint density at radius 3 is 2.40 bits per heavy atom. The molecule has 116 valence electrons. The summed E-state index contributed by atoms with van der Waals surface area (Å²) in [6, 6.07) is 0.491. The van der Waals surface area contributed by atoms with Crippen LogP contribution in [0.3, 0.4) is 0 Å². The molecule has 20 heavy (non-hydrogen) atoms. The molecule has 0 spiro atoms. The number of hydrogen-bond acceptors (Lipinski definition) is 3. The second-order valence-corrected chi connectivity index (χ2v) is 7.72. The van der Waals surface area contributed by atoms with Crippen LogP contribution in [0.4, 0.5) is 0 Å². The van der Waals surface area contributed by atoms with Gasteiger partial charge in [-0.15, -0.1) is 0 Å². The predicted molar refractivity (Wildman–Crippen MR) is 81.4 cm³/mol. The van der Waals surface area contributed by atoms with Gasteiger partial charge in [-0.25, -0.2) is 0 Å². The molecular weight excluding hydrogens is 250 g/mol. The van der Waals surface area contributed by atoms with Crippen LogP contribution in [-0.2, 0) is 9.53 Å². The lowest BCUT2D eigenvalue weighted by Crippen LogP contribution is -2.38. The molecule has 2 unspecified atom stereocenters. The molecule has 0 bridgehead atoms.